The van der Waals surface area contributed by atoms with Crippen LogP contribution in [0.4, 0.5) is 0 Å². The molecule has 0 saturated heterocycles. The Morgan fingerprint density at radius 3 is 1.96 bits per heavy atom. The van der Waals surface area contributed by atoms with Crippen molar-refractivity contribution in [1.29, 1.82) is 0 Å². The van der Waals surface area contributed by atoms with E-state index in [-0.39, 0.29) is 0 Å². The van der Waals surface area contributed by atoms with Crippen molar-refractivity contribution in [3.05, 3.63) is 11.5 Å². The third kappa shape index (κ3) is 4.55. The van der Waals surface area contributed by atoms with Crippen molar-refractivity contribution in [2.75, 3.05) is 6.61 Å². The summed E-state index contributed by atoms with van der Waals surface area (Å²) in [6, 6.07) is 0. The van der Waals surface area contributed by atoms with Crippen LogP contribution in [0.15, 0.2) is 11.5 Å². The van der Waals surface area contributed by atoms with Crippen molar-refractivity contribution in [3.63, 3.8) is 0 Å². The summed E-state index contributed by atoms with van der Waals surface area (Å²) in [4.78, 5) is 36.1. The topological polar surface area (TPSA) is 119 Å². The third-order valence-corrected chi connectivity index (χ3v) is 3.06. The van der Waals surface area contributed by atoms with Crippen LogP contribution in [0.2, 0.25) is 0 Å². The van der Waals surface area contributed by atoms with E-state index in [1.54, 1.807) is 41.5 Å². The summed E-state index contributed by atoms with van der Waals surface area (Å²) < 4.78 is 15.1. The van der Waals surface area contributed by atoms with Gasteiger partial charge in [-0.05, 0) is 41.5 Å². The normalized spacial score (nSPS) is 19.8. The summed E-state index contributed by atoms with van der Waals surface area (Å²) >= 11 is 0. The number of aliphatic hydroxyl groups is 2. The van der Waals surface area contributed by atoms with Crippen molar-refractivity contribution in [2.45, 2.75) is 53.8 Å². The van der Waals surface area contributed by atoms with E-state index in [9.17, 15) is 19.5 Å². The van der Waals surface area contributed by atoms with Gasteiger partial charge in [-0.2, -0.15) is 0 Å². The zero-order valence-corrected chi connectivity index (χ0v) is 14.7. The Morgan fingerprint density at radius 1 is 1.08 bits per heavy atom. The van der Waals surface area contributed by atoms with Crippen LogP contribution in [-0.4, -0.2) is 46.9 Å². The summed E-state index contributed by atoms with van der Waals surface area (Å²) in [6.45, 7) is 8.77. The van der Waals surface area contributed by atoms with Crippen LogP contribution in [0.5, 0.6) is 0 Å². The molecule has 1 aliphatic heterocycles. The molecule has 8 heteroatoms. The van der Waals surface area contributed by atoms with E-state index in [2.05, 4.69) is 0 Å². The number of hydrogen-bond acceptors (Lipinski definition) is 8. The molecule has 0 bridgehead atoms. The molecular weight excluding hydrogens is 320 g/mol. The highest BCUT2D eigenvalue weighted by molar-refractivity contribution is 5.94. The maximum atomic E-state index is 12.1. The summed E-state index contributed by atoms with van der Waals surface area (Å²) in [5.41, 5.74) is -1.83. The van der Waals surface area contributed by atoms with Crippen LogP contribution in [-0.2, 0) is 28.6 Å². The smallest absolute Gasteiger partial charge is 0.378 e. The highest BCUT2D eigenvalue weighted by atomic mass is 16.6. The van der Waals surface area contributed by atoms with Crippen LogP contribution in [0.25, 0.3) is 0 Å². The van der Waals surface area contributed by atoms with E-state index in [1.165, 1.54) is 0 Å². The molecule has 1 rings (SSSR count). The van der Waals surface area contributed by atoms with Gasteiger partial charge in [0.15, 0.2) is 6.10 Å². The van der Waals surface area contributed by atoms with E-state index in [0.29, 0.717) is 0 Å². The summed E-state index contributed by atoms with van der Waals surface area (Å²) in [5, 5.41) is 18.9. The highest BCUT2D eigenvalue weighted by Crippen LogP contribution is 2.31. The Morgan fingerprint density at radius 2 is 1.54 bits per heavy atom. The van der Waals surface area contributed by atoms with E-state index >= 15 is 0 Å². The minimum absolute atomic E-state index is 0.418. The predicted molar refractivity (Wildman–Crippen MR) is 81.1 cm³/mol. The lowest BCUT2D eigenvalue weighted by Gasteiger charge is -2.21. The second kappa shape index (κ2) is 6.90. The Bertz CT molecular complexity index is 562. The van der Waals surface area contributed by atoms with E-state index < -0.39 is 59.1 Å². The van der Waals surface area contributed by atoms with Gasteiger partial charge in [-0.3, -0.25) is 9.59 Å². The molecule has 0 aliphatic carbocycles. The average Bonchev–Trinajstić information content (AvgIpc) is 2.73. The van der Waals surface area contributed by atoms with Gasteiger partial charge in [0.05, 0.1) is 17.4 Å². The Kier molecular flexibility index (Phi) is 5.78. The van der Waals surface area contributed by atoms with Gasteiger partial charge >= 0.3 is 17.9 Å². The summed E-state index contributed by atoms with van der Waals surface area (Å²) in [5.74, 6) is -3.51. The van der Waals surface area contributed by atoms with Gasteiger partial charge in [-0.25, -0.2) is 4.79 Å². The number of esters is 3. The quantitative estimate of drug-likeness (QED) is 0.564. The second-order valence-electron chi connectivity index (χ2n) is 7.55. The molecular formula is C16H24O8. The number of hydrogen-bond donors (Lipinski definition) is 2. The fourth-order valence-corrected chi connectivity index (χ4v) is 1.50. The molecule has 0 aromatic heterocycles. The van der Waals surface area contributed by atoms with E-state index in [1.807, 2.05) is 0 Å². The largest absolute Gasteiger partial charge is 0.445 e. The zero-order chi connectivity index (χ0) is 18.9. The first-order valence-electron chi connectivity index (χ1n) is 7.47. The lowest BCUT2D eigenvalue weighted by Crippen LogP contribution is -2.34. The molecule has 0 aromatic rings. The number of cyclic esters (lactones) is 1. The Hall–Kier alpha value is -1.93. The van der Waals surface area contributed by atoms with Crippen LogP contribution < -0.4 is 0 Å². The fourth-order valence-electron chi connectivity index (χ4n) is 1.50. The van der Waals surface area contributed by atoms with Crippen LogP contribution in [0, 0.1) is 10.8 Å². The molecule has 0 amide bonds. The molecule has 0 saturated carbocycles. The lowest BCUT2D eigenvalue weighted by molar-refractivity contribution is -0.157. The van der Waals surface area contributed by atoms with Crippen molar-refractivity contribution in [3.8, 4) is 0 Å². The number of aliphatic hydroxyl groups excluding tert-OH is 2. The van der Waals surface area contributed by atoms with E-state index in [0.717, 1.165) is 0 Å². The van der Waals surface area contributed by atoms with Gasteiger partial charge in [0.1, 0.15) is 6.10 Å². The number of ether oxygens (including phenoxy) is 3. The molecule has 1 heterocycles. The van der Waals surface area contributed by atoms with Crippen molar-refractivity contribution >= 4 is 17.9 Å². The van der Waals surface area contributed by atoms with Gasteiger partial charge in [-0.15, -0.1) is 0 Å². The van der Waals surface area contributed by atoms with Crippen molar-refractivity contribution in [2.24, 2.45) is 10.8 Å². The maximum absolute atomic E-state index is 12.1. The van der Waals surface area contributed by atoms with Crippen molar-refractivity contribution in [1.82, 2.24) is 0 Å². The zero-order valence-electron chi connectivity index (χ0n) is 14.7. The molecule has 0 unspecified atom stereocenters. The first-order valence-corrected chi connectivity index (χ1v) is 7.47. The maximum Gasteiger partial charge on any atom is 0.378 e. The van der Waals surface area contributed by atoms with Crippen LogP contribution >= 0.6 is 0 Å². The minimum Gasteiger partial charge on any atom is -0.445 e. The first kappa shape index (κ1) is 20.1. The monoisotopic (exact) mass is 344 g/mol. The molecule has 24 heavy (non-hydrogen) atoms. The minimum atomic E-state index is -1.53. The van der Waals surface area contributed by atoms with Gasteiger partial charge in [0.2, 0.25) is 5.76 Å². The standard InChI is InChI=1S/C16H24O8/c1-15(2,3)13(20)23-10-9(8(18)7-17)22-12(19)11(10)24-14(21)16(4,5)6/h8-9,17-18H,7H2,1-6H3/t8-,9+/m0/s1. The van der Waals surface area contributed by atoms with Gasteiger partial charge in [-0.1, -0.05) is 0 Å². The number of carbonyl (C=O) groups excluding carboxylic acids is 3. The van der Waals surface area contributed by atoms with Crippen molar-refractivity contribution < 1.29 is 38.8 Å². The summed E-state index contributed by atoms with van der Waals surface area (Å²) in [7, 11) is 0. The molecule has 0 fully saturated rings. The average molecular weight is 344 g/mol. The number of carbonyl (C=O) groups is 3. The molecule has 2 N–H and O–H groups in total. The molecule has 0 spiro atoms. The molecule has 0 aromatic carbocycles. The lowest BCUT2D eigenvalue weighted by atomic mass is 9.97. The highest BCUT2D eigenvalue weighted by Gasteiger charge is 2.45. The van der Waals surface area contributed by atoms with Gasteiger partial charge < -0.3 is 24.4 Å². The predicted octanol–water partition coefficient (Wildman–Crippen LogP) is 0.655. The van der Waals surface area contributed by atoms with E-state index in [4.69, 9.17) is 19.3 Å². The van der Waals surface area contributed by atoms with Gasteiger partial charge in [0.25, 0.3) is 5.76 Å². The Labute approximate surface area is 140 Å². The number of rotatable bonds is 4. The molecule has 1 aliphatic rings. The fraction of sp³-hybridized carbons (Fsp3) is 0.688. The summed E-state index contributed by atoms with van der Waals surface area (Å²) in [6.07, 6.45) is -2.96. The second-order valence-corrected chi connectivity index (χ2v) is 7.55. The van der Waals surface area contributed by atoms with Crippen LogP contribution in [0.1, 0.15) is 41.5 Å². The van der Waals surface area contributed by atoms with Gasteiger partial charge in [0, 0.05) is 0 Å². The molecule has 2 atom stereocenters. The third-order valence-electron chi connectivity index (χ3n) is 3.06. The first-order chi connectivity index (χ1) is 10.8. The van der Waals surface area contributed by atoms with Crippen LogP contribution in [0.3, 0.4) is 0 Å². The Balaban J connectivity index is 3.25. The SMILES string of the molecule is CC(C)(C)C(=O)OC1=C(OC(=O)C(C)(C)C)[C@@H]([C@@H](O)CO)OC1=O. The molecule has 136 valence electrons. The molecule has 0 radical (unpaired) electrons. The molecule has 8 nitrogen and oxygen atoms in total.